The van der Waals surface area contributed by atoms with Gasteiger partial charge in [0.2, 0.25) is 0 Å². The number of thiazole rings is 1. The fourth-order valence-corrected chi connectivity index (χ4v) is 5.18. The largest absolute Gasteiger partial charge is 0.308 e. The molecule has 2 aromatic carbocycles. The maximum Gasteiger partial charge on any atom is 0.260 e. The van der Waals surface area contributed by atoms with Gasteiger partial charge in [-0.3, -0.25) is 9.69 Å². The smallest absolute Gasteiger partial charge is 0.260 e. The molecule has 0 aliphatic heterocycles. The molecule has 3 rings (SSSR count). The molecule has 0 spiro atoms. The monoisotopic (exact) mass is 467 g/mol. The van der Waals surface area contributed by atoms with Crippen molar-refractivity contribution in [1.29, 1.82) is 0 Å². The van der Waals surface area contributed by atoms with Crippen LogP contribution in [0.1, 0.15) is 17.3 Å². The minimum atomic E-state index is 0. The standard InChI is InChI=1S/C21H25N3OS3.ClH/c1-5-27-16-9-6-8-15(14-16)20(25)24(13-12-23(2)3)21-22-19-17(26-4)10-7-11-18(19)28-21;/h6-11,14H,5,12-13H2,1-4H3;1H. The summed E-state index contributed by atoms with van der Waals surface area (Å²) in [5.41, 5.74) is 1.69. The lowest BCUT2D eigenvalue weighted by molar-refractivity contribution is 0.0985. The van der Waals surface area contributed by atoms with Gasteiger partial charge in [-0.15, -0.1) is 35.9 Å². The molecule has 0 atom stereocenters. The first-order valence-electron chi connectivity index (χ1n) is 9.16. The van der Waals surface area contributed by atoms with Crippen LogP contribution in [0.15, 0.2) is 52.3 Å². The van der Waals surface area contributed by atoms with Crippen molar-refractivity contribution in [3.05, 3.63) is 48.0 Å². The Balaban J connectivity index is 0.00000300. The lowest BCUT2D eigenvalue weighted by Crippen LogP contribution is -2.36. The fourth-order valence-electron chi connectivity index (χ4n) is 2.82. The molecule has 0 unspecified atom stereocenters. The lowest BCUT2D eigenvalue weighted by atomic mass is 10.2. The molecule has 3 aromatic rings. The topological polar surface area (TPSA) is 36.4 Å². The van der Waals surface area contributed by atoms with Gasteiger partial charge in [0.15, 0.2) is 5.13 Å². The summed E-state index contributed by atoms with van der Waals surface area (Å²) < 4.78 is 1.11. The van der Waals surface area contributed by atoms with E-state index in [0.29, 0.717) is 12.1 Å². The van der Waals surface area contributed by atoms with Crippen LogP contribution >= 0.6 is 47.3 Å². The van der Waals surface area contributed by atoms with E-state index in [9.17, 15) is 4.79 Å². The van der Waals surface area contributed by atoms with Crippen LogP contribution in [0.2, 0.25) is 0 Å². The molecular formula is C21H26ClN3OS3. The number of aromatic nitrogens is 1. The van der Waals surface area contributed by atoms with Gasteiger partial charge in [-0.05, 0) is 56.4 Å². The zero-order chi connectivity index (χ0) is 20.1. The van der Waals surface area contributed by atoms with Gasteiger partial charge in [0, 0.05) is 28.4 Å². The Bertz CT molecular complexity index is 961. The molecule has 29 heavy (non-hydrogen) atoms. The van der Waals surface area contributed by atoms with Crippen molar-refractivity contribution in [2.45, 2.75) is 16.7 Å². The van der Waals surface area contributed by atoms with E-state index in [-0.39, 0.29) is 18.3 Å². The summed E-state index contributed by atoms with van der Waals surface area (Å²) in [7, 11) is 4.04. The van der Waals surface area contributed by atoms with Crippen molar-refractivity contribution in [1.82, 2.24) is 9.88 Å². The quantitative estimate of drug-likeness (QED) is 0.393. The number of carbonyl (C=O) groups excluding carboxylic acids is 1. The first-order valence-corrected chi connectivity index (χ1v) is 12.2. The Hall–Kier alpha value is -1.25. The number of nitrogens with zero attached hydrogens (tertiary/aromatic N) is 3. The molecule has 0 fully saturated rings. The molecular weight excluding hydrogens is 442 g/mol. The number of amides is 1. The zero-order valence-electron chi connectivity index (χ0n) is 17.0. The number of para-hydroxylation sites is 1. The molecule has 0 aliphatic rings. The van der Waals surface area contributed by atoms with Gasteiger partial charge in [0.05, 0.1) is 10.2 Å². The molecule has 0 radical (unpaired) electrons. The number of hydrogen-bond acceptors (Lipinski definition) is 6. The number of hydrogen-bond donors (Lipinski definition) is 0. The number of thioether (sulfide) groups is 2. The molecule has 0 saturated heterocycles. The minimum Gasteiger partial charge on any atom is -0.308 e. The Morgan fingerprint density at radius 1 is 1.14 bits per heavy atom. The Kier molecular flexibility index (Phi) is 9.30. The van der Waals surface area contributed by atoms with Crippen molar-refractivity contribution < 1.29 is 4.79 Å². The van der Waals surface area contributed by atoms with Crippen molar-refractivity contribution in [2.75, 3.05) is 44.1 Å². The number of rotatable bonds is 8. The van der Waals surface area contributed by atoms with Crippen LogP contribution in [0.25, 0.3) is 10.2 Å². The Morgan fingerprint density at radius 2 is 1.90 bits per heavy atom. The van der Waals surface area contributed by atoms with Gasteiger partial charge < -0.3 is 4.90 Å². The number of carbonyl (C=O) groups is 1. The molecule has 1 heterocycles. The number of likely N-dealkylation sites (N-methyl/N-ethyl adjacent to an activating group) is 1. The minimum absolute atomic E-state index is 0. The number of benzene rings is 2. The van der Waals surface area contributed by atoms with E-state index >= 15 is 0 Å². The van der Waals surface area contributed by atoms with E-state index in [1.165, 1.54) is 0 Å². The normalized spacial score (nSPS) is 10.9. The Morgan fingerprint density at radius 3 is 2.59 bits per heavy atom. The molecule has 4 nitrogen and oxygen atoms in total. The van der Waals surface area contributed by atoms with Gasteiger partial charge in [-0.1, -0.05) is 30.4 Å². The summed E-state index contributed by atoms with van der Waals surface area (Å²) in [4.78, 5) is 24.4. The fraction of sp³-hybridized carbons (Fsp3) is 0.333. The lowest BCUT2D eigenvalue weighted by Gasteiger charge is -2.22. The SMILES string of the molecule is CCSc1cccc(C(=O)N(CCN(C)C)c2nc3c(SC)cccc3s2)c1.Cl. The second-order valence-electron chi connectivity index (χ2n) is 6.52. The molecule has 8 heteroatoms. The predicted molar refractivity (Wildman–Crippen MR) is 132 cm³/mol. The van der Waals surface area contributed by atoms with E-state index < -0.39 is 0 Å². The highest BCUT2D eigenvalue weighted by Gasteiger charge is 2.22. The van der Waals surface area contributed by atoms with E-state index in [0.717, 1.165) is 37.4 Å². The molecule has 0 N–H and O–H groups in total. The summed E-state index contributed by atoms with van der Waals surface area (Å²) in [6.07, 6.45) is 2.06. The molecule has 0 bridgehead atoms. The average Bonchev–Trinajstić information content (AvgIpc) is 3.12. The molecule has 1 aromatic heterocycles. The van der Waals surface area contributed by atoms with E-state index in [2.05, 4.69) is 36.3 Å². The third-order valence-corrected chi connectivity index (χ3v) is 6.92. The second-order valence-corrected chi connectivity index (χ2v) is 9.72. The van der Waals surface area contributed by atoms with Gasteiger partial charge in [-0.2, -0.15) is 0 Å². The van der Waals surface area contributed by atoms with Gasteiger partial charge in [-0.25, -0.2) is 4.98 Å². The zero-order valence-corrected chi connectivity index (χ0v) is 20.3. The van der Waals surface area contributed by atoms with Gasteiger partial charge >= 0.3 is 0 Å². The van der Waals surface area contributed by atoms with E-state index in [1.54, 1.807) is 34.9 Å². The average molecular weight is 468 g/mol. The third kappa shape index (κ3) is 5.89. The first-order chi connectivity index (χ1) is 13.5. The van der Waals surface area contributed by atoms with Gasteiger partial charge in [0.25, 0.3) is 5.91 Å². The Labute approximate surface area is 191 Å². The van der Waals surface area contributed by atoms with Crippen LogP contribution in [0.5, 0.6) is 0 Å². The summed E-state index contributed by atoms with van der Waals surface area (Å²) in [5.74, 6) is 0.988. The molecule has 0 aliphatic carbocycles. The van der Waals surface area contributed by atoms with Crippen molar-refractivity contribution in [3.8, 4) is 0 Å². The molecule has 1 amide bonds. The summed E-state index contributed by atoms with van der Waals surface area (Å²) in [5, 5.41) is 0.761. The summed E-state index contributed by atoms with van der Waals surface area (Å²) >= 11 is 5.01. The molecule has 0 saturated carbocycles. The van der Waals surface area contributed by atoms with Crippen LogP contribution in [-0.4, -0.2) is 55.0 Å². The van der Waals surface area contributed by atoms with Crippen molar-refractivity contribution in [3.63, 3.8) is 0 Å². The maximum absolute atomic E-state index is 13.4. The predicted octanol–water partition coefficient (Wildman–Crippen LogP) is 5.76. The number of halogens is 1. The van der Waals surface area contributed by atoms with Gasteiger partial charge in [0.1, 0.15) is 0 Å². The van der Waals surface area contributed by atoms with Crippen LogP contribution in [0, 0.1) is 0 Å². The second kappa shape index (κ2) is 11.2. The van der Waals surface area contributed by atoms with E-state index in [1.807, 2.05) is 43.3 Å². The number of fused-ring (bicyclic) bond motifs is 1. The highest BCUT2D eigenvalue weighted by Crippen LogP contribution is 2.34. The van der Waals surface area contributed by atoms with Crippen LogP contribution in [0.4, 0.5) is 5.13 Å². The summed E-state index contributed by atoms with van der Waals surface area (Å²) in [6, 6.07) is 14.1. The van der Waals surface area contributed by atoms with E-state index in [4.69, 9.17) is 4.98 Å². The molecule has 156 valence electrons. The summed E-state index contributed by atoms with van der Waals surface area (Å²) in [6.45, 7) is 3.50. The van der Waals surface area contributed by atoms with Crippen LogP contribution < -0.4 is 4.90 Å². The highest BCUT2D eigenvalue weighted by molar-refractivity contribution is 7.99. The number of anilines is 1. The van der Waals surface area contributed by atoms with Crippen molar-refractivity contribution >= 4 is 68.5 Å². The first kappa shape index (κ1) is 24.0. The third-order valence-electron chi connectivity index (χ3n) is 4.23. The maximum atomic E-state index is 13.4. The van der Waals surface area contributed by atoms with Crippen molar-refractivity contribution in [2.24, 2.45) is 0 Å². The van der Waals surface area contributed by atoms with Crippen LogP contribution in [-0.2, 0) is 0 Å². The highest BCUT2D eigenvalue weighted by atomic mass is 35.5. The van der Waals surface area contributed by atoms with Crippen LogP contribution in [0.3, 0.4) is 0 Å².